The fourth-order valence-corrected chi connectivity index (χ4v) is 3.41. The highest BCUT2D eigenvalue weighted by Gasteiger charge is 2.21. The fourth-order valence-electron chi connectivity index (χ4n) is 2.83. The van der Waals surface area contributed by atoms with Gasteiger partial charge in [-0.1, -0.05) is 57.9 Å². The van der Waals surface area contributed by atoms with Gasteiger partial charge in [0, 0.05) is 28.3 Å². The monoisotopic (exact) mass is 425 g/mol. The van der Waals surface area contributed by atoms with Crippen LogP contribution >= 0.6 is 27.5 Å². The van der Waals surface area contributed by atoms with E-state index in [-0.39, 0.29) is 5.91 Å². The van der Waals surface area contributed by atoms with Crippen LogP contribution in [-0.2, 0) is 6.54 Å². The Morgan fingerprint density at radius 1 is 1.15 bits per heavy atom. The van der Waals surface area contributed by atoms with Crippen LogP contribution in [0, 0.1) is 0 Å². The average molecular weight is 427 g/mol. The Morgan fingerprint density at radius 2 is 2.00 bits per heavy atom. The minimum Gasteiger partial charge on any atom is -0.327 e. The summed E-state index contributed by atoms with van der Waals surface area (Å²) in [5.74, 6) is 0.771. The van der Waals surface area contributed by atoms with Gasteiger partial charge in [-0.05, 0) is 35.9 Å². The zero-order valence-corrected chi connectivity index (χ0v) is 15.9. The van der Waals surface area contributed by atoms with Crippen molar-refractivity contribution in [3.63, 3.8) is 0 Å². The lowest BCUT2D eigenvalue weighted by Crippen LogP contribution is -2.25. The van der Waals surface area contributed by atoms with Gasteiger partial charge in [-0.25, -0.2) is 4.99 Å². The molecule has 4 nitrogen and oxygen atoms in total. The number of rotatable bonds is 1. The lowest BCUT2D eigenvalue weighted by Gasteiger charge is -2.21. The Bertz CT molecular complexity index is 1020. The SMILES string of the molecule is O=C(N=C1N=C2C=CC(Cl)=CN2Cc2ccccc21)c1cccc(Br)c1. The van der Waals surface area contributed by atoms with Crippen LogP contribution in [0.1, 0.15) is 21.5 Å². The fraction of sp³-hybridized carbons (Fsp3) is 0.0500. The summed E-state index contributed by atoms with van der Waals surface area (Å²) < 4.78 is 0.831. The van der Waals surface area contributed by atoms with Crippen LogP contribution < -0.4 is 0 Å². The summed E-state index contributed by atoms with van der Waals surface area (Å²) >= 11 is 9.50. The lowest BCUT2D eigenvalue weighted by atomic mass is 10.1. The first-order valence-corrected chi connectivity index (χ1v) is 9.15. The minimum atomic E-state index is -0.331. The van der Waals surface area contributed by atoms with Crippen LogP contribution in [0.5, 0.6) is 0 Å². The molecule has 6 heteroatoms. The predicted molar refractivity (Wildman–Crippen MR) is 108 cm³/mol. The third-order valence-electron chi connectivity index (χ3n) is 4.06. The Hall–Kier alpha value is -2.50. The maximum absolute atomic E-state index is 12.7. The molecular weight excluding hydrogens is 414 g/mol. The van der Waals surface area contributed by atoms with Crippen molar-refractivity contribution < 1.29 is 4.79 Å². The third kappa shape index (κ3) is 3.41. The molecule has 0 unspecified atom stereocenters. The van der Waals surface area contributed by atoms with E-state index in [1.807, 2.05) is 53.6 Å². The predicted octanol–water partition coefficient (Wildman–Crippen LogP) is 4.90. The van der Waals surface area contributed by atoms with Gasteiger partial charge in [0.1, 0.15) is 5.84 Å². The number of aliphatic imine (C=N–C) groups is 2. The molecule has 0 aromatic heterocycles. The number of hydrogen-bond acceptors (Lipinski definition) is 2. The Labute approximate surface area is 164 Å². The van der Waals surface area contributed by atoms with Gasteiger partial charge >= 0.3 is 0 Å². The highest BCUT2D eigenvalue weighted by atomic mass is 79.9. The minimum absolute atomic E-state index is 0.331. The van der Waals surface area contributed by atoms with E-state index in [1.165, 1.54) is 0 Å². The van der Waals surface area contributed by atoms with Crippen LogP contribution in [0.2, 0.25) is 0 Å². The van der Waals surface area contributed by atoms with Crippen LogP contribution in [0.25, 0.3) is 0 Å². The first-order valence-electron chi connectivity index (χ1n) is 7.98. The van der Waals surface area contributed by atoms with Crippen LogP contribution in [0.3, 0.4) is 0 Å². The topological polar surface area (TPSA) is 45.0 Å². The molecule has 0 saturated heterocycles. The summed E-state index contributed by atoms with van der Waals surface area (Å²) in [6.07, 6.45) is 5.43. The molecule has 0 N–H and O–H groups in total. The van der Waals surface area contributed by atoms with E-state index in [0.717, 1.165) is 15.6 Å². The van der Waals surface area contributed by atoms with E-state index in [9.17, 15) is 4.79 Å². The molecule has 4 rings (SSSR count). The van der Waals surface area contributed by atoms with Crippen molar-refractivity contribution in [3.8, 4) is 0 Å². The number of allylic oxidation sites excluding steroid dienone is 2. The molecule has 0 atom stereocenters. The number of amidine groups is 2. The van der Waals surface area contributed by atoms with Gasteiger partial charge in [0.2, 0.25) is 0 Å². The number of amides is 1. The number of halogens is 2. The average Bonchev–Trinajstić information content (AvgIpc) is 2.78. The Balaban J connectivity index is 1.82. The van der Waals surface area contributed by atoms with Crippen molar-refractivity contribution in [1.82, 2.24) is 4.90 Å². The number of fused-ring (bicyclic) bond motifs is 2. The molecule has 128 valence electrons. The van der Waals surface area contributed by atoms with E-state index in [2.05, 4.69) is 25.9 Å². The normalized spacial score (nSPS) is 17.2. The van der Waals surface area contributed by atoms with Gasteiger partial charge < -0.3 is 4.90 Å². The first-order chi connectivity index (χ1) is 12.6. The van der Waals surface area contributed by atoms with E-state index < -0.39 is 0 Å². The number of carbonyl (C=O) groups excluding carboxylic acids is 1. The molecular formula is C20H13BrClN3O. The van der Waals surface area contributed by atoms with Gasteiger partial charge in [-0.2, -0.15) is 4.99 Å². The van der Waals surface area contributed by atoms with Crippen molar-refractivity contribution in [2.24, 2.45) is 9.98 Å². The van der Waals surface area contributed by atoms with Gasteiger partial charge in [-0.15, -0.1) is 0 Å². The second-order valence-electron chi connectivity index (χ2n) is 5.85. The largest absolute Gasteiger partial charge is 0.327 e. The molecule has 2 heterocycles. The maximum atomic E-state index is 12.7. The number of hydrogen-bond donors (Lipinski definition) is 0. The Morgan fingerprint density at radius 3 is 2.85 bits per heavy atom. The summed E-state index contributed by atoms with van der Waals surface area (Å²) in [7, 11) is 0. The van der Waals surface area contributed by atoms with Gasteiger partial charge in [0.25, 0.3) is 5.91 Å². The lowest BCUT2D eigenvalue weighted by molar-refractivity contribution is 0.100. The smallest absolute Gasteiger partial charge is 0.279 e. The molecule has 2 aliphatic rings. The van der Waals surface area contributed by atoms with Gasteiger partial charge in [0.05, 0.1) is 5.03 Å². The summed E-state index contributed by atoms with van der Waals surface area (Å²) in [6.45, 7) is 0.611. The molecule has 1 amide bonds. The highest BCUT2D eigenvalue weighted by Crippen LogP contribution is 2.23. The zero-order valence-electron chi connectivity index (χ0n) is 13.6. The molecule has 26 heavy (non-hydrogen) atoms. The van der Waals surface area contributed by atoms with E-state index >= 15 is 0 Å². The summed E-state index contributed by atoms with van der Waals surface area (Å²) in [5, 5.41) is 0.632. The molecule has 0 saturated carbocycles. The number of nitrogens with zero attached hydrogens (tertiary/aromatic N) is 3. The van der Waals surface area contributed by atoms with E-state index in [0.29, 0.717) is 28.8 Å². The maximum Gasteiger partial charge on any atom is 0.279 e. The van der Waals surface area contributed by atoms with Crippen molar-refractivity contribution in [1.29, 1.82) is 0 Å². The molecule has 2 aromatic rings. The molecule has 2 aliphatic heterocycles. The molecule has 0 fully saturated rings. The van der Waals surface area contributed by atoms with E-state index in [4.69, 9.17) is 11.6 Å². The standard InChI is InChI=1S/C20H13BrClN3O/c21-15-6-3-5-13(10-15)20(26)24-19-17-7-2-1-4-14(17)11-25-12-16(22)8-9-18(25)23-19/h1-10,12H,11H2. The quantitative estimate of drug-likeness (QED) is 0.651. The zero-order chi connectivity index (χ0) is 18.1. The summed E-state index contributed by atoms with van der Waals surface area (Å²) in [4.78, 5) is 23.6. The second kappa shape index (κ2) is 7.02. The van der Waals surface area contributed by atoms with Crippen molar-refractivity contribution in [2.75, 3.05) is 0 Å². The molecule has 0 aliphatic carbocycles. The first kappa shape index (κ1) is 16.9. The van der Waals surface area contributed by atoms with Gasteiger partial charge in [0.15, 0.2) is 5.84 Å². The highest BCUT2D eigenvalue weighted by molar-refractivity contribution is 9.10. The van der Waals surface area contributed by atoms with Crippen molar-refractivity contribution in [3.05, 3.63) is 93.1 Å². The summed E-state index contributed by atoms with van der Waals surface area (Å²) in [6, 6.07) is 15.0. The number of benzene rings is 2. The second-order valence-corrected chi connectivity index (χ2v) is 7.21. The van der Waals surface area contributed by atoms with Crippen LogP contribution in [0.15, 0.2) is 86.4 Å². The molecule has 0 bridgehead atoms. The van der Waals surface area contributed by atoms with Gasteiger partial charge in [-0.3, -0.25) is 4.79 Å². The van der Waals surface area contributed by atoms with Crippen molar-refractivity contribution >= 4 is 45.1 Å². The van der Waals surface area contributed by atoms with E-state index in [1.54, 1.807) is 18.2 Å². The van der Waals surface area contributed by atoms with Crippen LogP contribution in [-0.4, -0.2) is 22.5 Å². The van der Waals surface area contributed by atoms with Crippen LogP contribution in [0.4, 0.5) is 0 Å². The Kier molecular flexibility index (Phi) is 4.57. The number of carbonyl (C=O) groups is 1. The summed E-state index contributed by atoms with van der Waals surface area (Å²) in [5.41, 5.74) is 2.38. The molecule has 0 radical (unpaired) electrons. The third-order valence-corrected chi connectivity index (χ3v) is 4.78. The molecule has 2 aromatic carbocycles. The molecule has 0 spiro atoms. The van der Waals surface area contributed by atoms with Crippen molar-refractivity contribution in [2.45, 2.75) is 6.54 Å².